The molecule has 0 aliphatic carbocycles. The first kappa shape index (κ1) is 14.3. The van der Waals surface area contributed by atoms with Gasteiger partial charge in [0.05, 0.1) is 6.07 Å². The summed E-state index contributed by atoms with van der Waals surface area (Å²) in [7, 11) is 0. The molecule has 0 saturated carbocycles. The molecule has 0 fully saturated rings. The van der Waals surface area contributed by atoms with Crippen LogP contribution in [0.1, 0.15) is 17.0 Å². The third-order valence-electron chi connectivity index (χ3n) is 4.54. The predicted octanol–water partition coefficient (Wildman–Crippen LogP) is 4.06. The first-order valence-corrected chi connectivity index (χ1v) is 7.72. The molecular formula is C20H15N3O. The smallest absolute Gasteiger partial charge is 0.205 e. The first-order valence-electron chi connectivity index (χ1n) is 7.72. The summed E-state index contributed by atoms with van der Waals surface area (Å²) in [5, 5.41) is 19.6. The average molecular weight is 313 g/mol. The van der Waals surface area contributed by atoms with E-state index in [-0.39, 0.29) is 11.8 Å². The second-order valence-corrected chi connectivity index (χ2v) is 5.89. The van der Waals surface area contributed by atoms with E-state index in [2.05, 4.69) is 6.07 Å². The van der Waals surface area contributed by atoms with Gasteiger partial charge in [-0.25, -0.2) is 0 Å². The van der Waals surface area contributed by atoms with Crippen LogP contribution in [0.3, 0.4) is 0 Å². The molecule has 3 aromatic rings. The summed E-state index contributed by atoms with van der Waals surface area (Å²) in [5.74, 6) is -0.254. The van der Waals surface area contributed by atoms with Crippen molar-refractivity contribution in [2.24, 2.45) is 5.92 Å². The van der Waals surface area contributed by atoms with E-state index >= 15 is 0 Å². The summed E-state index contributed by atoms with van der Waals surface area (Å²) in [6.07, 6.45) is 0. The zero-order chi connectivity index (χ0) is 16.7. The number of anilines is 1. The number of fused-ring (bicyclic) bond motifs is 3. The molecule has 1 heterocycles. The first-order chi connectivity index (χ1) is 11.7. The van der Waals surface area contributed by atoms with Crippen LogP contribution in [0.15, 0.2) is 60.7 Å². The Labute approximate surface area is 139 Å². The zero-order valence-corrected chi connectivity index (χ0v) is 12.9. The molecule has 3 aromatic carbocycles. The standard InChI is InChI=1S/C20H15N3O/c21-11-16-18(12-5-2-1-3-6-12)15-10-9-13-14(7-4-8-17(13)22)19(15)24-20(16)23/h1-10,16,18,23H,22H2. The highest BCUT2D eigenvalue weighted by Gasteiger charge is 2.37. The summed E-state index contributed by atoms with van der Waals surface area (Å²) >= 11 is 0. The second-order valence-electron chi connectivity index (χ2n) is 5.89. The molecule has 4 heteroatoms. The van der Waals surface area contributed by atoms with Gasteiger partial charge in [0, 0.05) is 27.9 Å². The lowest BCUT2D eigenvalue weighted by molar-refractivity contribution is 0.455. The van der Waals surface area contributed by atoms with Gasteiger partial charge in [0.1, 0.15) is 11.7 Å². The fraction of sp³-hybridized carbons (Fsp3) is 0.100. The Hall–Kier alpha value is -3.32. The van der Waals surface area contributed by atoms with E-state index in [0.29, 0.717) is 11.4 Å². The second kappa shape index (κ2) is 5.39. The molecule has 1 aliphatic heterocycles. The van der Waals surface area contributed by atoms with Gasteiger partial charge in [0.15, 0.2) is 0 Å². The molecule has 0 bridgehead atoms. The molecule has 0 amide bonds. The highest BCUT2D eigenvalue weighted by atomic mass is 16.5. The fourth-order valence-corrected chi connectivity index (χ4v) is 3.40. The van der Waals surface area contributed by atoms with Crippen molar-refractivity contribution in [2.45, 2.75) is 5.92 Å². The summed E-state index contributed by atoms with van der Waals surface area (Å²) < 4.78 is 5.76. The monoisotopic (exact) mass is 313 g/mol. The van der Waals surface area contributed by atoms with Crippen LogP contribution in [0.5, 0.6) is 5.75 Å². The van der Waals surface area contributed by atoms with E-state index in [1.807, 2.05) is 60.7 Å². The maximum atomic E-state index is 9.59. The van der Waals surface area contributed by atoms with Gasteiger partial charge >= 0.3 is 0 Å². The van der Waals surface area contributed by atoms with Crippen LogP contribution < -0.4 is 10.5 Å². The number of rotatable bonds is 1. The minimum Gasteiger partial charge on any atom is -0.441 e. The van der Waals surface area contributed by atoms with Gasteiger partial charge < -0.3 is 10.5 Å². The van der Waals surface area contributed by atoms with E-state index in [1.165, 1.54) is 0 Å². The minimum absolute atomic E-state index is 0.0197. The quantitative estimate of drug-likeness (QED) is 0.664. The summed E-state index contributed by atoms with van der Waals surface area (Å²) in [5.41, 5.74) is 8.65. The zero-order valence-electron chi connectivity index (χ0n) is 12.9. The number of nitrogen functional groups attached to an aromatic ring is 1. The molecule has 4 nitrogen and oxygen atoms in total. The molecule has 0 radical (unpaired) electrons. The van der Waals surface area contributed by atoms with Crippen LogP contribution in [0.25, 0.3) is 10.8 Å². The highest BCUT2D eigenvalue weighted by Crippen LogP contribution is 2.45. The molecule has 24 heavy (non-hydrogen) atoms. The van der Waals surface area contributed by atoms with Gasteiger partial charge in [-0.2, -0.15) is 5.26 Å². The molecule has 3 N–H and O–H groups in total. The average Bonchev–Trinajstić information content (AvgIpc) is 2.61. The highest BCUT2D eigenvalue weighted by molar-refractivity contribution is 6.00. The van der Waals surface area contributed by atoms with Crippen molar-refractivity contribution in [3.05, 3.63) is 71.8 Å². The van der Waals surface area contributed by atoms with Crippen LogP contribution in [0.2, 0.25) is 0 Å². The number of ether oxygens (including phenoxy) is 1. The maximum absolute atomic E-state index is 9.59. The molecule has 2 atom stereocenters. The Bertz CT molecular complexity index is 989. The van der Waals surface area contributed by atoms with E-state index in [9.17, 15) is 5.26 Å². The van der Waals surface area contributed by atoms with Crippen LogP contribution in [-0.4, -0.2) is 5.90 Å². The van der Waals surface area contributed by atoms with Crippen molar-refractivity contribution in [3.63, 3.8) is 0 Å². The van der Waals surface area contributed by atoms with Crippen molar-refractivity contribution in [1.82, 2.24) is 0 Å². The van der Waals surface area contributed by atoms with Crippen LogP contribution in [-0.2, 0) is 0 Å². The number of benzene rings is 3. The maximum Gasteiger partial charge on any atom is 0.205 e. The van der Waals surface area contributed by atoms with Gasteiger partial charge in [-0.05, 0) is 11.6 Å². The topological polar surface area (TPSA) is 82.9 Å². The number of nitrogens with two attached hydrogens (primary N) is 1. The van der Waals surface area contributed by atoms with Crippen LogP contribution in [0.4, 0.5) is 5.69 Å². The number of nitriles is 1. The van der Waals surface area contributed by atoms with Gasteiger partial charge in [-0.3, -0.25) is 5.41 Å². The van der Waals surface area contributed by atoms with E-state index in [1.54, 1.807) is 0 Å². The number of hydrogen-bond acceptors (Lipinski definition) is 4. The summed E-state index contributed by atoms with van der Waals surface area (Å²) in [4.78, 5) is 0. The molecule has 1 aliphatic rings. The summed E-state index contributed by atoms with van der Waals surface area (Å²) in [6.45, 7) is 0. The Morgan fingerprint density at radius 3 is 2.50 bits per heavy atom. The Kier molecular flexibility index (Phi) is 3.21. The molecular weight excluding hydrogens is 298 g/mol. The fourth-order valence-electron chi connectivity index (χ4n) is 3.40. The normalized spacial score (nSPS) is 19.4. The Morgan fingerprint density at radius 2 is 1.75 bits per heavy atom. The summed E-state index contributed by atoms with van der Waals surface area (Å²) in [6, 6.07) is 21.6. The van der Waals surface area contributed by atoms with Crippen LogP contribution >= 0.6 is 0 Å². The number of hydrogen-bond donors (Lipinski definition) is 2. The molecule has 0 saturated heterocycles. The van der Waals surface area contributed by atoms with E-state index < -0.39 is 5.92 Å². The Morgan fingerprint density at radius 1 is 0.958 bits per heavy atom. The molecule has 4 rings (SSSR count). The van der Waals surface area contributed by atoms with Crippen molar-refractivity contribution in [1.29, 1.82) is 10.7 Å². The minimum atomic E-state index is -0.640. The molecule has 0 spiro atoms. The van der Waals surface area contributed by atoms with E-state index in [0.717, 1.165) is 21.9 Å². The van der Waals surface area contributed by atoms with Crippen molar-refractivity contribution in [2.75, 3.05) is 5.73 Å². The third-order valence-corrected chi connectivity index (χ3v) is 4.54. The van der Waals surface area contributed by atoms with Gasteiger partial charge in [-0.15, -0.1) is 0 Å². The van der Waals surface area contributed by atoms with Gasteiger partial charge in [-0.1, -0.05) is 54.6 Å². The largest absolute Gasteiger partial charge is 0.441 e. The lowest BCUT2D eigenvalue weighted by atomic mass is 9.78. The van der Waals surface area contributed by atoms with Gasteiger partial charge in [0.2, 0.25) is 5.90 Å². The van der Waals surface area contributed by atoms with Crippen molar-refractivity contribution in [3.8, 4) is 11.8 Å². The Balaban J connectivity index is 2.02. The molecule has 0 aromatic heterocycles. The lowest BCUT2D eigenvalue weighted by Crippen LogP contribution is -2.31. The number of nitrogens with one attached hydrogen (secondary N) is 1. The third kappa shape index (κ3) is 2.03. The molecule has 116 valence electrons. The van der Waals surface area contributed by atoms with Crippen molar-refractivity contribution < 1.29 is 4.74 Å². The van der Waals surface area contributed by atoms with Gasteiger partial charge in [0.25, 0.3) is 0 Å². The van der Waals surface area contributed by atoms with Crippen LogP contribution in [0, 0.1) is 22.7 Å². The number of nitrogens with zero attached hydrogens (tertiary/aromatic N) is 1. The molecule has 2 unspecified atom stereocenters. The predicted molar refractivity (Wildman–Crippen MR) is 94.1 cm³/mol. The van der Waals surface area contributed by atoms with Crippen molar-refractivity contribution >= 4 is 22.4 Å². The van der Waals surface area contributed by atoms with E-state index in [4.69, 9.17) is 15.9 Å². The lowest BCUT2D eigenvalue weighted by Gasteiger charge is -2.31. The SMILES string of the molecule is N#CC1C(=N)Oc2c(ccc3c(N)cccc23)C1c1ccccc1.